The van der Waals surface area contributed by atoms with Crippen molar-refractivity contribution in [3.63, 3.8) is 0 Å². The highest BCUT2D eigenvalue weighted by molar-refractivity contribution is 5.41. The normalized spacial score (nSPS) is 12.8. The Labute approximate surface area is 102 Å². The third-order valence-electron chi connectivity index (χ3n) is 2.81. The molecule has 1 atom stereocenters. The van der Waals surface area contributed by atoms with E-state index >= 15 is 0 Å². The number of methoxy groups -OCH3 is 1. The molecule has 17 heavy (non-hydrogen) atoms. The zero-order valence-corrected chi connectivity index (χ0v) is 10.6. The highest BCUT2D eigenvalue weighted by atomic mass is 16.5. The largest absolute Gasteiger partial charge is 0.504 e. The Morgan fingerprint density at radius 1 is 1.35 bits per heavy atom. The van der Waals surface area contributed by atoms with Crippen LogP contribution in [0.2, 0.25) is 0 Å². The molecule has 3 N–H and O–H groups in total. The molecule has 0 aliphatic rings. The monoisotopic (exact) mass is 239 g/mol. The molecule has 1 aromatic carbocycles. The van der Waals surface area contributed by atoms with Crippen LogP contribution in [0.3, 0.4) is 0 Å². The summed E-state index contributed by atoms with van der Waals surface area (Å²) in [6.07, 6.45) is 0. The van der Waals surface area contributed by atoms with E-state index in [1.54, 1.807) is 12.1 Å². The van der Waals surface area contributed by atoms with Gasteiger partial charge < -0.3 is 20.3 Å². The minimum Gasteiger partial charge on any atom is -0.504 e. The number of phenolic OH excluding ortho intramolecular Hbond substituents is 1. The van der Waals surface area contributed by atoms with E-state index in [0.29, 0.717) is 18.2 Å². The van der Waals surface area contributed by atoms with Crippen LogP contribution in [-0.4, -0.2) is 30.0 Å². The lowest BCUT2D eigenvalue weighted by Gasteiger charge is -2.20. The van der Waals surface area contributed by atoms with Crippen LogP contribution in [0.1, 0.15) is 19.4 Å². The van der Waals surface area contributed by atoms with Crippen LogP contribution >= 0.6 is 0 Å². The Bertz CT molecular complexity index is 353. The maximum absolute atomic E-state index is 9.46. The Kier molecular flexibility index (Phi) is 5.25. The summed E-state index contributed by atoms with van der Waals surface area (Å²) in [6.45, 7) is 4.88. The first-order chi connectivity index (χ1) is 8.08. The summed E-state index contributed by atoms with van der Waals surface area (Å²) in [5, 5.41) is 21.9. The fourth-order valence-electron chi connectivity index (χ4n) is 1.59. The summed E-state index contributed by atoms with van der Waals surface area (Å²) in [7, 11) is 1.52. The molecule has 0 spiro atoms. The lowest BCUT2D eigenvalue weighted by Crippen LogP contribution is -2.36. The van der Waals surface area contributed by atoms with Gasteiger partial charge in [0.05, 0.1) is 13.7 Å². The first-order valence-corrected chi connectivity index (χ1v) is 5.78. The zero-order chi connectivity index (χ0) is 12.8. The van der Waals surface area contributed by atoms with E-state index in [1.165, 1.54) is 7.11 Å². The average Bonchev–Trinajstić information content (AvgIpc) is 2.31. The number of rotatable bonds is 6. The molecule has 4 nitrogen and oxygen atoms in total. The number of phenols is 1. The molecule has 1 rings (SSSR count). The summed E-state index contributed by atoms with van der Waals surface area (Å²) >= 11 is 0. The van der Waals surface area contributed by atoms with Gasteiger partial charge in [-0.25, -0.2) is 0 Å². The highest BCUT2D eigenvalue weighted by Gasteiger charge is 2.11. The summed E-state index contributed by atoms with van der Waals surface area (Å²) in [6, 6.07) is 5.31. The Morgan fingerprint density at radius 3 is 2.59 bits per heavy atom. The van der Waals surface area contributed by atoms with Crippen molar-refractivity contribution in [3.8, 4) is 11.5 Å². The van der Waals surface area contributed by atoms with Gasteiger partial charge in [-0.1, -0.05) is 19.9 Å². The number of aromatic hydroxyl groups is 1. The van der Waals surface area contributed by atoms with Gasteiger partial charge in [0.1, 0.15) is 0 Å². The molecule has 0 saturated carbocycles. The van der Waals surface area contributed by atoms with E-state index in [0.717, 1.165) is 5.56 Å². The molecule has 96 valence electrons. The van der Waals surface area contributed by atoms with Crippen molar-refractivity contribution in [2.24, 2.45) is 5.92 Å². The Hall–Kier alpha value is -1.26. The van der Waals surface area contributed by atoms with Crippen molar-refractivity contribution in [3.05, 3.63) is 23.8 Å². The second-order valence-electron chi connectivity index (χ2n) is 4.42. The first-order valence-electron chi connectivity index (χ1n) is 5.78. The van der Waals surface area contributed by atoms with Crippen LogP contribution in [-0.2, 0) is 6.54 Å². The Morgan fingerprint density at radius 2 is 2.06 bits per heavy atom. The maximum Gasteiger partial charge on any atom is 0.160 e. The van der Waals surface area contributed by atoms with Gasteiger partial charge in [-0.05, 0) is 23.6 Å². The molecule has 0 bridgehead atoms. The first kappa shape index (κ1) is 13.8. The molecule has 0 fully saturated rings. The fourth-order valence-corrected chi connectivity index (χ4v) is 1.59. The molecule has 0 amide bonds. The molecule has 0 aromatic heterocycles. The summed E-state index contributed by atoms with van der Waals surface area (Å²) < 4.78 is 5.04. The second-order valence-corrected chi connectivity index (χ2v) is 4.42. The number of aliphatic hydroxyl groups is 1. The van der Waals surface area contributed by atoms with E-state index in [9.17, 15) is 10.2 Å². The van der Waals surface area contributed by atoms with Gasteiger partial charge in [-0.3, -0.25) is 0 Å². The van der Waals surface area contributed by atoms with Gasteiger partial charge in [-0.2, -0.15) is 0 Å². The van der Waals surface area contributed by atoms with E-state index < -0.39 is 0 Å². The number of benzene rings is 1. The van der Waals surface area contributed by atoms with Crippen LogP contribution < -0.4 is 10.1 Å². The van der Waals surface area contributed by atoms with Crippen LogP contribution in [0.5, 0.6) is 11.5 Å². The number of hydrogen-bond acceptors (Lipinski definition) is 4. The van der Waals surface area contributed by atoms with E-state index in [2.05, 4.69) is 19.2 Å². The van der Waals surface area contributed by atoms with Crippen molar-refractivity contribution in [2.45, 2.75) is 26.4 Å². The third kappa shape index (κ3) is 3.91. The lowest BCUT2D eigenvalue weighted by atomic mass is 10.0. The predicted molar refractivity (Wildman–Crippen MR) is 67.2 cm³/mol. The number of ether oxygens (including phenoxy) is 1. The van der Waals surface area contributed by atoms with Crippen molar-refractivity contribution < 1.29 is 14.9 Å². The Balaban J connectivity index is 2.63. The van der Waals surface area contributed by atoms with Crippen molar-refractivity contribution in [2.75, 3.05) is 13.7 Å². The lowest BCUT2D eigenvalue weighted by molar-refractivity contribution is 0.210. The molecule has 0 radical (unpaired) electrons. The molecule has 0 aliphatic carbocycles. The highest BCUT2D eigenvalue weighted by Crippen LogP contribution is 2.26. The summed E-state index contributed by atoms with van der Waals surface area (Å²) in [4.78, 5) is 0. The molecule has 1 unspecified atom stereocenters. The summed E-state index contributed by atoms with van der Waals surface area (Å²) in [5.74, 6) is 0.979. The number of nitrogens with one attached hydrogen (secondary N) is 1. The smallest absolute Gasteiger partial charge is 0.160 e. The van der Waals surface area contributed by atoms with Crippen molar-refractivity contribution >= 4 is 0 Å². The summed E-state index contributed by atoms with van der Waals surface area (Å²) in [5.41, 5.74) is 1.01. The standard InChI is InChI=1S/C13H21NO3/c1-9(2)11(8-15)14-7-10-4-5-12(16)13(6-10)17-3/h4-6,9,11,14-16H,7-8H2,1-3H3. The molecule has 1 aromatic rings. The minimum atomic E-state index is 0.0785. The SMILES string of the molecule is COc1cc(CNC(CO)C(C)C)ccc1O. The molecule has 0 aliphatic heterocycles. The molecular formula is C13H21NO3. The van der Waals surface area contributed by atoms with Gasteiger partial charge in [0.2, 0.25) is 0 Å². The molecule has 0 heterocycles. The van der Waals surface area contributed by atoms with E-state index in [1.807, 2.05) is 6.07 Å². The number of aliphatic hydroxyl groups excluding tert-OH is 1. The van der Waals surface area contributed by atoms with Gasteiger partial charge in [0.25, 0.3) is 0 Å². The van der Waals surface area contributed by atoms with Gasteiger partial charge >= 0.3 is 0 Å². The van der Waals surface area contributed by atoms with Crippen LogP contribution in [0.15, 0.2) is 18.2 Å². The van der Waals surface area contributed by atoms with Gasteiger partial charge in [0, 0.05) is 12.6 Å². The molecular weight excluding hydrogens is 218 g/mol. The van der Waals surface area contributed by atoms with Crippen molar-refractivity contribution in [1.29, 1.82) is 0 Å². The van der Waals surface area contributed by atoms with Crippen LogP contribution in [0.4, 0.5) is 0 Å². The van der Waals surface area contributed by atoms with Gasteiger partial charge in [0.15, 0.2) is 11.5 Å². The minimum absolute atomic E-state index is 0.0785. The quantitative estimate of drug-likeness (QED) is 0.704. The van der Waals surface area contributed by atoms with Crippen LogP contribution in [0.25, 0.3) is 0 Å². The average molecular weight is 239 g/mol. The third-order valence-corrected chi connectivity index (χ3v) is 2.81. The maximum atomic E-state index is 9.46. The molecule has 0 saturated heterocycles. The van der Waals surface area contributed by atoms with Gasteiger partial charge in [-0.15, -0.1) is 0 Å². The molecule has 4 heteroatoms. The zero-order valence-electron chi connectivity index (χ0n) is 10.6. The van der Waals surface area contributed by atoms with E-state index in [4.69, 9.17) is 4.74 Å². The van der Waals surface area contributed by atoms with E-state index in [-0.39, 0.29) is 18.4 Å². The topological polar surface area (TPSA) is 61.7 Å². The van der Waals surface area contributed by atoms with Crippen molar-refractivity contribution in [1.82, 2.24) is 5.32 Å². The predicted octanol–water partition coefficient (Wildman–Crippen LogP) is 1.51. The number of hydrogen-bond donors (Lipinski definition) is 3. The fraction of sp³-hybridized carbons (Fsp3) is 0.538. The van der Waals surface area contributed by atoms with Crippen LogP contribution in [0, 0.1) is 5.92 Å². The second kappa shape index (κ2) is 6.47.